The molecule has 0 saturated carbocycles. The van der Waals surface area contributed by atoms with Crippen LogP contribution in [-0.4, -0.2) is 55.0 Å². The van der Waals surface area contributed by atoms with E-state index in [1.165, 1.54) is 7.11 Å². The van der Waals surface area contributed by atoms with E-state index in [4.69, 9.17) is 19.3 Å². The Morgan fingerprint density at radius 2 is 1.48 bits per heavy atom. The van der Waals surface area contributed by atoms with E-state index in [0.717, 1.165) is 6.92 Å². The smallest absolute Gasteiger partial charge is 0.309 e. The lowest BCUT2D eigenvalue weighted by atomic mass is 10.3. The van der Waals surface area contributed by atoms with Gasteiger partial charge in [0.1, 0.15) is 0 Å². The van der Waals surface area contributed by atoms with E-state index in [0.29, 0.717) is 0 Å². The predicted molar refractivity (Wildman–Crippen MR) is 80.0 cm³/mol. The van der Waals surface area contributed by atoms with Gasteiger partial charge in [0.15, 0.2) is 0 Å². The van der Waals surface area contributed by atoms with Crippen molar-refractivity contribution in [3.8, 4) is 0 Å². The Kier molecular flexibility index (Phi) is 11.4. The van der Waals surface area contributed by atoms with Gasteiger partial charge in [-0.05, 0) is 6.42 Å². The fourth-order valence-electron chi connectivity index (χ4n) is 1.56. The molecule has 0 aliphatic carbocycles. The van der Waals surface area contributed by atoms with E-state index in [-0.39, 0.29) is 38.7 Å². The lowest BCUT2D eigenvalue weighted by Gasteiger charge is -2.17. The van der Waals surface area contributed by atoms with E-state index in [1.54, 1.807) is 0 Å². The van der Waals surface area contributed by atoms with Gasteiger partial charge in [0, 0.05) is 13.3 Å². The predicted octanol–water partition coefficient (Wildman–Crippen LogP) is 0.560. The lowest BCUT2D eigenvalue weighted by Crippen LogP contribution is -2.24. The number of esters is 4. The van der Waals surface area contributed by atoms with Gasteiger partial charge >= 0.3 is 29.8 Å². The first-order chi connectivity index (χ1) is 11.7. The van der Waals surface area contributed by atoms with Crippen LogP contribution >= 0.6 is 0 Å². The third kappa shape index (κ3) is 13.5. The largest absolute Gasteiger partial charge is 0.481 e. The van der Waals surface area contributed by atoms with Crippen LogP contribution in [-0.2, 0) is 42.9 Å². The Morgan fingerprint density at radius 3 is 2.04 bits per heavy atom. The average molecular weight is 362 g/mol. The molecule has 0 aliphatic heterocycles. The summed E-state index contributed by atoms with van der Waals surface area (Å²) in [6.07, 6.45) is -1.85. The summed E-state index contributed by atoms with van der Waals surface area (Å²) in [6, 6.07) is 0. The van der Waals surface area contributed by atoms with Gasteiger partial charge in [-0.15, -0.1) is 0 Å². The maximum absolute atomic E-state index is 11.5. The first kappa shape index (κ1) is 22.4. The summed E-state index contributed by atoms with van der Waals surface area (Å²) < 4.78 is 18.9. The van der Waals surface area contributed by atoms with Crippen LogP contribution in [0, 0.1) is 0 Å². The maximum Gasteiger partial charge on any atom is 0.309 e. The molecule has 25 heavy (non-hydrogen) atoms. The third-order valence-electron chi connectivity index (χ3n) is 2.71. The van der Waals surface area contributed by atoms with Gasteiger partial charge < -0.3 is 24.1 Å². The number of aliphatic carboxylic acids is 1. The highest BCUT2D eigenvalue weighted by Gasteiger charge is 2.18. The SMILES string of the molecule is COC(=O)CCC(=O)OCCCC(OC(C)=O)OC(=O)CCC(=O)O. The zero-order valence-electron chi connectivity index (χ0n) is 14.1. The van der Waals surface area contributed by atoms with E-state index >= 15 is 0 Å². The number of hydrogen-bond acceptors (Lipinski definition) is 9. The Hall–Kier alpha value is -2.65. The van der Waals surface area contributed by atoms with Crippen molar-refractivity contribution in [3.05, 3.63) is 0 Å². The average Bonchev–Trinajstić information content (AvgIpc) is 2.53. The third-order valence-corrected chi connectivity index (χ3v) is 2.71. The summed E-state index contributed by atoms with van der Waals surface area (Å²) >= 11 is 0. The van der Waals surface area contributed by atoms with Crippen LogP contribution in [0.2, 0.25) is 0 Å². The summed E-state index contributed by atoms with van der Waals surface area (Å²) in [5.74, 6) is -3.76. The summed E-state index contributed by atoms with van der Waals surface area (Å²) in [7, 11) is 1.21. The molecule has 0 heterocycles. The molecule has 0 bridgehead atoms. The van der Waals surface area contributed by atoms with Crippen molar-refractivity contribution in [2.24, 2.45) is 0 Å². The molecule has 1 N–H and O–H groups in total. The van der Waals surface area contributed by atoms with Crippen LogP contribution in [0.15, 0.2) is 0 Å². The number of carboxylic acids is 1. The van der Waals surface area contributed by atoms with Crippen LogP contribution in [0.3, 0.4) is 0 Å². The molecule has 0 aromatic heterocycles. The first-order valence-corrected chi connectivity index (χ1v) is 7.55. The number of methoxy groups -OCH3 is 1. The van der Waals surface area contributed by atoms with Gasteiger partial charge in [-0.25, -0.2) is 0 Å². The zero-order chi connectivity index (χ0) is 19.2. The van der Waals surface area contributed by atoms with Crippen molar-refractivity contribution in [1.82, 2.24) is 0 Å². The monoisotopic (exact) mass is 362 g/mol. The molecule has 0 spiro atoms. The molecule has 0 radical (unpaired) electrons. The van der Waals surface area contributed by atoms with Crippen molar-refractivity contribution in [3.63, 3.8) is 0 Å². The number of hydrogen-bond donors (Lipinski definition) is 1. The molecule has 0 aliphatic rings. The molecule has 0 amide bonds. The van der Waals surface area contributed by atoms with Crippen molar-refractivity contribution in [2.45, 2.75) is 51.7 Å². The summed E-state index contributed by atoms with van der Waals surface area (Å²) in [6.45, 7) is 1.11. The Bertz CT molecular complexity index is 485. The second-order valence-corrected chi connectivity index (χ2v) is 4.86. The molecule has 1 atom stereocenters. The van der Waals surface area contributed by atoms with Gasteiger partial charge in [-0.3, -0.25) is 24.0 Å². The number of rotatable bonds is 12. The zero-order valence-corrected chi connectivity index (χ0v) is 14.1. The van der Waals surface area contributed by atoms with Crippen molar-refractivity contribution >= 4 is 29.8 Å². The minimum Gasteiger partial charge on any atom is -0.481 e. The maximum atomic E-state index is 11.5. The molecule has 1 unspecified atom stereocenters. The molecule has 142 valence electrons. The second-order valence-electron chi connectivity index (χ2n) is 4.86. The highest BCUT2D eigenvalue weighted by molar-refractivity contribution is 5.77. The molecule has 10 nitrogen and oxygen atoms in total. The molecule has 10 heteroatoms. The van der Waals surface area contributed by atoms with Crippen LogP contribution in [0.4, 0.5) is 0 Å². The standard InChI is InChI=1S/C15H22O10/c1-10(16)24-15(25-14(21)6-5-11(17)18)4-3-9-23-13(20)8-7-12(19)22-2/h15H,3-9H2,1-2H3,(H,17,18). The molecule has 0 fully saturated rings. The first-order valence-electron chi connectivity index (χ1n) is 7.55. The van der Waals surface area contributed by atoms with Gasteiger partial charge in [0.25, 0.3) is 0 Å². The van der Waals surface area contributed by atoms with Gasteiger partial charge in [-0.1, -0.05) is 0 Å². The van der Waals surface area contributed by atoms with Crippen LogP contribution < -0.4 is 0 Å². The van der Waals surface area contributed by atoms with E-state index in [9.17, 15) is 24.0 Å². The normalized spacial score (nSPS) is 11.1. The quantitative estimate of drug-likeness (QED) is 0.226. The molecular weight excluding hydrogens is 340 g/mol. The highest BCUT2D eigenvalue weighted by Crippen LogP contribution is 2.08. The molecule has 0 rings (SSSR count). The Morgan fingerprint density at radius 1 is 0.880 bits per heavy atom. The molecular formula is C15H22O10. The Labute approximate surface area is 144 Å². The molecule has 0 saturated heterocycles. The summed E-state index contributed by atoms with van der Waals surface area (Å²) in [5, 5.41) is 8.49. The van der Waals surface area contributed by atoms with E-state index in [1.807, 2.05) is 0 Å². The molecule has 0 aromatic carbocycles. The number of carbonyl (C=O) groups is 5. The highest BCUT2D eigenvalue weighted by atomic mass is 16.7. The van der Waals surface area contributed by atoms with Crippen LogP contribution in [0.1, 0.15) is 45.4 Å². The second kappa shape index (κ2) is 12.7. The minimum absolute atomic E-state index is 0.0234. The topological polar surface area (TPSA) is 142 Å². The fourth-order valence-corrected chi connectivity index (χ4v) is 1.56. The number of ether oxygens (including phenoxy) is 4. The van der Waals surface area contributed by atoms with Crippen molar-refractivity contribution < 1.29 is 48.0 Å². The summed E-state index contributed by atoms with van der Waals surface area (Å²) in [4.78, 5) is 55.1. The number of carbonyl (C=O) groups excluding carboxylic acids is 4. The van der Waals surface area contributed by atoms with Crippen molar-refractivity contribution in [2.75, 3.05) is 13.7 Å². The lowest BCUT2D eigenvalue weighted by molar-refractivity contribution is -0.188. The van der Waals surface area contributed by atoms with Gasteiger partial charge in [0.2, 0.25) is 6.29 Å². The number of carboxylic acid groups (broad SMARTS) is 1. The van der Waals surface area contributed by atoms with E-state index < -0.39 is 42.6 Å². The van der Waals surface area contributed by atoms with Crippen LogP contribution in [0.5, 0.6) is 0 Å². The van der Waals surface area contributed by atoms with Gasteiger partial charge in [0.05, 0.1) is 39.4 Å². The van der Waals surface area contributed by atoms with Gasteiger partial charge in [-0.2, -0.15) is 0 Å². The Balaban J connectivity index is 4.12. The van der Waals surface area contributed by atoms with E-state index in [2.05, 4.69) is 4.74 Å². The van der Waals surface area contributed by atoms with Crippen LogP contribution in [0.25, 0.3) is 0 Å². The fraction of sp³-hybridized carbons (Fsp3) is 0.667. The minimum atomic E-state index is -1.19. The summed E-state index contributed by atoms with van der Waals surface area (Å²) in [5.41, 5.74) is 0. The molecule has 0 aromatic rings. The van der Waals surface area contributed by atoms with Crippen molar-refractivity contribution in [1.29, 1.82) is 0 Å².